The van der Waals surface area contributed by atoms with Gasteiger partial charge in [0.25, 0.3) is 0 Å². The number of nitrogens with one attached hydrogen (secondary N) is 1. The van der Waals surface area contributed by atoms with Gasteiger partial charge in [-0.2, -0.15) is 0 Å². The fourth-order valence-corrected chi connectivity index (χ4v) is 5.83. The molecule has 0 saturated carbocycles. The number of rotatable bonds is 7. The summed E-state index contributed by atoms with van der Waals surface area (Å²) >= 11 is 0. The molecular weight excluding hydrogens is 508 g/mol. The van der Waals surface area contributed by atoms with Crippen LogP contribution in [0.4, 0.5) is 22.0 Å². The van der Waals surface area contributed by atoms with Crippen LogP contribution < -0.4 is 19.7 Å². The first-order valence-electron chi connectivity index (χ1n) is 13.7. The maximum atomic E-state index is 13.1. The zero-order chi connectivity index (χ0) is 27.6. The smallest absolute Gasteiger partial charge is 0.322 e. The lowest BCUT2D eigenvalue weighted by Gasteiger charge is -2.38. The van der Waals surface area contributed by atoms with E-state index in [1.54, 1.807) is 20.5 Å². The molecule has 3 aromatic rings. The first-order chi connectivity index (χ1) is 19.5. The Bertz CT molecular complexity index is 1450. The number of aryl methyl sites for hydroxylation is 1. The number of aromatic nitrogens is 2. The van der Waals surface area contributed by atoms with Crippen molar-refractivity contribution in [3.8, 4) is 17.4 Å². The second kappa shape index (κ2) is 11.1. The Morgan fingerprint density at radius 3 is 2.62 bits per heavy atom. The molecule has 10 nitrogen and oxygen atoms in total. The molecule has 2 aromatic carbocycles. The van der Waals surface area contributed by atoms with Gasteiger partial charge in [0.1, 0.15) is 23.6 Å². The van der Waals surface area contributed by atoms with Crippen LogP contribution in [0.5, 0.6) is 17.4 Å². The van der Waals surface area contributed by atoms with Crippen molar-refractivity contribution in [2.75, 3.05) is 50.7 Å². The SMILES string of the molecule is COCC1=Nc2c(C)cc(Oc3cc(N4CCC(N5CCc6cc(OC)ccc6NC5=O)CC4)ncn3)cc2C1. The second-order valence-electron chi connectivity index (χ2n) is 10.5. The standard InChI is InChI=1S/C30H34N6O4/c1-19-12-25(15-21-13-22(17-38-2)33-29(19)21)40-28-16-27(31-18-32-28)35-9-7-23(8-10-35)36-11-6-20-14-24(39-3)4-5-26(20)34-30(36)37/h4-5,12,14-16,18,23H,6-11,13,17H2,1-3H3,(H,34,37). The molecule has 208 valence electrons. The fraction of sp³-hybridized carbons (Fsp3) is 0.400. The van der Waals surface area contributed by atoms with Crippen molar-refractivity contribution in [2.24, 2.45) is 4.99 Å². The molecule has 6 rings (SSSR count). The second-order valence-corrected chi connectivity index (χ2v) is 10.5. The van der Waals surface area contributed by atoms with Gasteiger partial charge >= 0.3 is 6.03 Å². The molecular formula is C30H34N6O4. The number of amides is 2. The molecule has 0 aliphatic carbocycles. The number of aliphatic imine (C=N–C) groups is 1. The van der Waals surface area contributed by atoms with Crippen molar-refractivity contribution in [1.29, 1.82) is 0 Å². The van der Waals surface area contributed by atoms with E-state index in [2.05, 4.69) is 20.2 Å². The molecule has 10 heteroatoms. The van der Waals surface area contributed by atoms with E-state index in [0.29, 0.717) is 19.0 Å². The lowest BCUT2D eigenvalue weighted by atomic mass is 10.0. The van der Waals surface area contributed by atoms with Gasteiger partial charge < -0.3 is 29.3 Å². The molecule has 2 amide bonds. The number of nitrogens with zero attached hydrogens (tertiary/aromatic N) is 5. The predicted octanol–water partition coefficient (Wildman–Crippen LogP) is 4.92. The lowest BCUT2D eigenvalue weighted by molar-refractivity contribution is 0.177. The Balaban J connectivity index is 1.08. The van der Waals surface area contributed by atoms with E-state index in [1.165, 1.54) is 0 Å². The summed E-state index contributed by atoms with van der Waals surface area (Å²) < 4.78 is 16.8. The molecule has 0 atom stereocenters. The molecule has 0 radical (unpaired) electrons. The van der Waals surface area contributed by atoms with Gasteiger partial charge in [-0.15, -0.1) is 0 Å². The number of carbonyl (C=O) groups excluding carboxylic acids is 1. The minimum Gasteiger partial charge on any atom is -0.497 e. The predicted molar refractivity (Wildman–Crippen MR) is 154 cm³/mol. The summed E-state index contributed by atoms with van der Waals surface area (Å²) in [7, 11) is 3.34. The number of urea groups is 1. The first-order valence-corrected chi connectivity index (χ1v) is 13.7. The molecule has 1 fully saturated rings. The molecule has 0 spiro atoms. The van der Waals surface area contributed by atoms with Crippen LogP contribution in [-0.2, 0) is 17.6 Å². The Kier molecular flexibility index (Phi) is 7.25. The molecule has 3 aliphatic rings. The topological polar surface area (TPSA) is 101 Å². The van der Waals surface area contributed by atoms with Gasteiger partial charge in [0.15, 0.2) is 0 Å². The molecule has 40 heavy (non-hydrogen) atoms. The molecule has 1 saturated heterocycles. The Labute approximate surface area is 234 Å². The van der Waals surface area contributed by atoms with Crippen molar-refractivity contribution >= 4 is 28.9 Å². The van der Waals surface area contributed by atoms with E-state index in [9.17, 15) is 4.79 Å². The number of ether oxygens (including phenoxy) is 3. The summed E-state index contributed by atoms with van der Waals surface area (Å²) in [5.74, 6) is 2.87. The van der Waals surface area contributed by atoms with Crippen molar-refractivity contribution in [2.45, 2.75) is 38.6 Å². The minimum atomic E-state index is -0.0375. The molecule has 0 bridgehead atoms. The van der Waals surface area contributed by atoms with Crippen LogP contribution in [0.3, 0.4) is 0 Å². The van der Waals surface area contributed by atoms with Crippen LogP contribution >= 0.6 is 0 Å². The molecule has 3 aliphatic heterocycles. The Morgan fingerprint density at radius 2 is 1.82 bits per heavy atom. The van der Waals surface area contributed by atoms with E-state index in [0.717, 1.165) is 89.9 Å². The Hall–Kier alpha value is -4.18. The van der Waals surface area contributed by atoms with Crippen LogP contribution in [0.15, 0.2) is 47.7 Å². The van der Waals surface area contributed by atoms with Gasteiger partial charge in [0.2, 0.25) is 5.88 Å². The average molecular weight is 543 g/mol. The summed E-state index contributed by atoms with van der Waals surface area (Å²) in [6, 6.07) is 11.9. The van der Waals surface area contributed by atoms with Gasteiger partial charge in [-0.1, -0.05) is 0 Å². The largest absolute Gasteiger partial charge is 0.497 e. The highest BCUT2D eigenvalue weighted by molar-refractivity contribution is 5.95. The molecule has 0 unspecified atom stereocenters. The average Bonchev–Trinajstić information content (AvgIpc) is 3.29. The van der Waals surface area contributed by atoms with E-state index in [4.69, 9.17) is 19.2 Å². The van der Waals surface area contributed by atoms with Crippen LogP contribution in [0.2, 0.25) is 0 Å². The highest BCUT2D eigenvalue weighted by Gasteiger charge is 2.30. The summed E-state index contributed by atoms with van der Waals surface area (Å²) in [6.45, 7) is 4.84. The van der Waals surface area contributed by atoms with Gasteiger partial charge in [-0.25, -0.2) is 14.8 Å². The van der Waals surface area contributed by atoms with E-state index >= 15 is 0 Å². The molecule has 1 N–H and O–H groups in total. The van der Waals surface area contributed by atoms with Crippen molar-refractivity contribution in [1.82, 2.24) is 14.9 Å². The van der Waals surface area contributed by atoms with Crippen LogP contribution in [-0.4, -0.2) is 73.1 Å². The minimum absolute atomic E-state index is 0.0375. The van der Waals surface area contributed by atoms with Gasteiger partial charge in [0, 0.05) is 56.7 Å². The number of hydrogen-bond acceptors (Lipinski definition) is 8. The highest BCUT2D eigenvalue weighted by atomic mass is 16.5. The summed E-state index contributed by atoms with van der Waals surface area (Å²) in [4.78, 5) is 30.9. The van der Waals surface area contributed by atoms with Gasteiger partial charge in [-0.05, 0) is 73.2 Å². The Morgan fingerprint density at radius 1 is 1.00 bits per heavy atom. The third kappa shape index (κ3) is 5.31. The number of fused-ring (bicyclic) bond motifs is 2. The monoisotopic (exact) mass is 542 g/mol. The third-order valence-corrected chi connectivity index (χ3v) is 7.84. The van der Waals surface area contributed by atoms with Gasteiger partial charge in [-0.3, -0.25) is 4.99 Å². The first kappa shape index (κ1) is 26.1. The van der Waals surface area contributed by atoms with Crippen LogP contribution in [0, 0.1) is 6.92 Å². The maximum absolute atomic E-state index is 13.1. The van der Waals surface area contributed by atoms with E-state index in [1.807, 2.05) is 48.2 Å². The molecule has 4 heterocycles. The van der Waals surface area contributed by atoms with Gasteiger partial charge in [0.05, 0.1) is 19.4 Å². The highest BCUT2D eigenvalue weighted by Crippen LogP contribution is 2.36. The number of piperidine rings is 1. The van der Waals surface area contributed by atoms with E-state index in [-0.39, 0.29) is 12.1 Å². The molecule has 1 aromatic heterocycles. The third-order valence-electron chi connectivity index (χ3n) is 7.84. The number of methoxy groups -OCH3 is 2. The van der Waals surface area contributed by atoms with Crippen LogP contribution in [0.25, 0.3) is 0 Å². The summed E-state index contributed by atoms with van der Waals surface area (Å²) in [5, 5.41) is 3.09. The van der Waals surface area contributed by atoms with Crippen LogP contribution in [0.1, 0.15) is 29.5 Å². The van der Waals surface area contributed by atoms with Crippen molar-refractivity contribution in [3.05, 3.63) is 59.4 Å². The maximum Gasteiger partial charge on any atom is 0.322 e. The number of hydrogen-bond donors (Lipinski definition) is 1. The normalized spacial score (nSPS) is 17.1. The van der Waals surface area contributed by atoms with E-state index < -0.39 is 0 Å². The van der Waals surface area contributed by atoms with Crippen molar-refractivity contribution < 1.29 is 19.0 Å². The summed E-state index contributed by atoms with van der Waals surface area (Å²) in [6.07, 6.45) is 4.83. The number of anilines is 2. The number of carbonyl (C=O) groups is 1. The zero-order valence-corrected chi connectivity index (χ0v) is 23.1. The lowest BCUT2D eigenvalue weighted by Crippen LogP contribution is -2.49. The summed E-state index contributed by atoms with van der Waals surface area (Å²) in [5.41, 5.74) is 6.19. The fourth-order valence-electron chi connectivity index (χ4n) is 5.83. The number of benzene rings is 2. The quantitative estimate of drug-likeness (QED) is 0.452. The zero-order valence-electron chi connectivity index (χ0n) is 23.1. The van der Waals surface area contributed by atoms with Crippen molar-refractivity contribution in [3.63, 3.8) is 0 Å².